The molecule has 0 aromatic rings. The molecule has 0 fully saturated rings. The minimum absolute atomic E-state index is 0.334. The van der Waals surface area contributed by atoms with Crippen LogP contribution < -0.4 is 0 Å². The number of allylic oxidation sites excluding steroid dienone is 1. The summed E-state index contributed by atoms with van der Waals surface area (Å²) in [5, 5.41) is 8.73. The van der Waals surface area contributed by atoms with Gasteiger partial charge in [0.2, 0.25) is 0 Å². The van der Waals surface area contributed by atoms with E-state index in [-0.39, 0.29) is 0 Å². The summed E-state index contributed by atoms with van der Waals surface area (Å²) in [5.74, 6) is -0.445. The average molecular weight is 156 g/mol. The first kappa shape index (κ1) is 10.2. The zero-order valence-electron chi connectivity index (χ0n) is 7.64. The number of rotatable bonds is 3. The number of carbonyl (C=O) groups is 1. The van der Waals surface area contributed by atoms with Gasteiger partial charge in [0.1, 0.15) is 0 Å². The first-order chi connectivity index (χ1) is 5.00. The van der Waals surface area contributed by atoms with Crippen LogP contribution in [0.2, 0.25) is 0 Å². The SMILES string of the molecule is CC/C(C(=O)O)=C(/C)C(C)C. The predicted octanol–water partition coefficient (Wildman–Crippen LogP) is 2.45. The third-order valence-electron chi connectivity index (χ3n) is 1.95. The molecule has 0 bridgehead atoms. The van der Waals surface area contributed by atoms with E-state index in [0.29, 0.717) is 17.9 Å². The summed E-state index contributed by atoms with van der Waals surface area (Å²) in [5.41, 5.74) is 1.54. The van der Waals surface area contributed by atoms with Crippen LogP contribution in [0, 0.1) is 5.92 Å². The van der Waals surface area contributed by atoms with Crippen molar-refractivity contribution in [2.75, 3.05) is 0 Å². The highest BCUT2D eigenvalue weighted by atomic mass is 16.4. The highest BCUT2D eigenvalue weighted by Gasteiger charge is 2.10. The van der Waals surface area contributed by atoms with E-state index in [9.17, 15) is 4.79 Å². The molecule has 0 aromatic carbocycles. The van der Waals surface area contributed by atoms with Crippen LogP contribution in [0.1, 0.15) is 34.1 Å². The quantitative estimate of drug-likeness (QED) is 0.637. The highest BCUT2D eigenvalue weighted by molar-refractivity contribution is 5.87. The fourth-order valence-corrected chi connectivity index (χ4v) is 0.947. The van der Waals surface area contributed by atoms with Crippen molar-refractivity contribution < 1.29 is 9.90 Å². The van der Waals surface area contributed by atoms with Crippen molar-refractivity contribution in [2.24, 2.45) is 5.92 Å². The molecule has 2 nitrogen and oxygen atoms in total. The molecular weight excluding hydrogens is 140 g/mol. The summed E-state index contributed by atoms with van der Waals surface area (Å²) in [4.78, 5) is 10.6. The Balaban J connectivity index is 4.68. The monoisotopic (exact) mass is 156 g/mol. The van der Waals surface area contributed by atoms with Crippen LogP contribution in [0.15, 0.2) is 11.1 Å². The fraction of sp³-hybridized carbons (Fsp3) is 0.667. The number of carboxylic acids is 1. The second-order valence-electron chi connectivity index (χ2n) is 2.97. The Morgan fingerprint density at radius 3 is 2.00 bits per heavy atom. The van der Waals surface area contributed by atoms with Crippen LogP contribution in [0.25, 0.3) is 0 Å². The zero-order chi connectivity index (χ0) is 9.02. The summed E-state index contributed by atoms with van der Waals surface area (Å²) in [6, 6.07) is 0. The molecule has 0 aliphatic heterocycles. The lowest BCUT2D eigenvalue weighted by Gasteiger charge is -2.08. The molecule has 0 aromatic heterocycles. The van der Waals surface area contributed by atoms with Gasteiger partial charge in [-0.3, -0.25) is 0 Å². The van der Waals surface area contributed by atoms with Gasteiger partial charge in [-0.25, -0.2) is 4.79 Å². The molecule has 0 aliphatic carbocycles. The van der Waals surface area contributed by atoms with E-state index >= 15 is 0 Å². The van der Waals surface area contributed by atoms with Crippen molar-refractivity contribution in [2.45, 2.75) is 34.1 Å². The average Bonchev–Trinajstić information content (AvgIpc) is 1.88. The van der Waals surface area contributed by atoms with Crippen molar-refractivity contribution >= 4 is 5.97 Å². The second kappa shape index (κ2) is 4.16. The second-order valence-corrected chi connectivity index (χ2v) is 2.97. The van der Waals surface area contributed by atoms with Crippen LogP contribution in [-0.2, 0) is 4.79 Å². The summed E-state index contributed by atoms with van der Waals surface area (Å²) >= 11 is 0. The van der Waals surface area contributed by atoms with Gasteiger partial charge in [0.05, 0.1) is 0 Å². The summed E-state index contributed by atoms with van der Waals surface area (Å²) in [6.45, 7) is 7.77. The summed E-state index contributed by atoms with van der Waals surface area (Å²) < 4.78 is 0. The minimum atomic E-state index is -0.779. The van der Waals surface area contributed by atoms with Crippen LogP contribution >= 0.6 is 0 Å². The Hall–Kier alpha value is -0.790. The normalized spacial score (nSPS) is 13.2. The Morgan fingerprint density at radius 1 is 1.45 bits per heavy atom. The van der Waals surface area contributed by atoms with Gasteiger partial charge in [0.15, 0.2) is 0 Å². The Bertz CT molecular complexity index is 178. The Kier molecular flexibility index (Phi) is 3.86. The first-order valence-electron chi connectivity index (χ1n) is 3.93. The molecule has 0 atom stereocenters. The molecule has 1 N–H and O–H groups in total. The van der Waals surface area contributed by atoms with Gasteiger partial charge in [-0.1, -0.05) is 26.3 Å². The fourth-order valence-electron chi connectivity index (χ4n) is 0.947. The van der Waals surface area contributed by atoms with Gasteiger partial charge in [-0.2, -0.15) is 0 Å². The van der Waals surface area contributed by atoms with Crippen LogP contribution in [0.4, 0.5) is 0 Å². The smallest absolute Gasteiger partial charge is 0.331 e. The van der Waals surface area contributed by atoms with Gasteiger partial charge in [-0.05, 0) is 19.3 Å². The lowest BCUT2D eigenvalue weighted by Crippen LogP contribution is -2.05. The van der Waals surface area contributed by atoms with Gasteiger partial charge >= 0.3 is 5.97 Å². The molecule has 0 saturated carbocycles. The number of aliphatic carboxylic acids is 1. The van der Waals surface area contributed by atoms with Crippen molar-refractivity contribution in [3.63, 3.8) is 0 Å². The largest absolute Gasteiger partial charge is 0.478 e. The summed E-state index contributed by atoms with van der Waals surface area (Å²) in [7, 11) is 0. The third-order valence-corrected chi connectivity index (χ3v) is 1.95. The van der Waals surface area contributed by atoms with Crippen molar-refractivity contribution in [1.29, 1.82) is 0 Å². The molecule has 2 heteroatoms. The van der Waals surface area contributed by atoms with E-state index in [0.717, 1.165) is 5.57 Å². The summed E-state index contributed by atoms with van der Waals surface area (Å²) in [6.07, 6.45) is 0.610. The molecule has 0 aliphatic rings. The zero-order valence-corrected chi connectivity index (χ0v) is 7.64. The molecule has 0 rings (SSSR count). The topological polar surface area (TPSA) is 37.3 Å². The first-order valence-corrected chi connectivity index (χ1v) is 3.93. The lowest BCUT2D eigenvalue weighted by molar-refractivity contribution is -0.132. The van der Waals surface area contributed by atoms with Crippen molar-refractivity contribution in [3.8, 4) is 0 Å². The molecule has 0 unspecified atom stereocenters. The maximum Gasteiger partial charge on any atom is 0.331 e. The van der Waals surface area contributed by atoms with E-state index in [1.54, 1.807) is 0 Å². The van der Waals surface area contributed by atoms with E-state index in [4.69, 9.17) is 5.11 Å². The van der Waals surface area contributed by atoms with Crippen LogP contribution in [0.5, 0.6) is 0 Å². The molecule has 64 valence electrons. The Labute approximate surface area is 67.9 Å². The molecule has 0 spiro atoms. The van der Waals surface area contributed by atoms with Gasteiger partial charge < -0.3 is 5.11 Å². The maximum atomic E-state index is 10.6. The number of hydrogen-bond donors (Lipinski definition) is 1. The van der Waals surface area contributed by atoms with Crippen molar-refractivity contribution in [3.05, 3.63) is 11.1 Å². The van der Waals surface area contributed by atoms with E-state index < -0.39 is 5.97 Å². The van der Waals surface area contributed by atoms with E-state index in [1.807, 2.05) is 27.7 Å². The molecule has 0 saturated heterocycles. The standard InChI is InChI=1S/C9H16O2/c1-5-8(9(10)11)7(4)6(2)3/h6H,5H2,1-4H3,(H,10,11)/b8-7+. The van der Waals surface area contributed by atoms with Gasteiger partial charge in [0, 0.05) is 5.57 Å². The highest BCUT2D eigenvalue weighted by Crippen LogP contribution is 2.16. The third kappa shape index (κ3) is 2.74. The number of carboxylic acid groups (broad SMARTS) is 1. The van der Waals surface area contributed by atoms with Gasteiger partial charge in [0.25, 0.3) is 0 Å². The number of hydrogen-bond acceptors (Lipinski definition) is 1. The molecule has 0 amide bonds. The van der Waals surface area contributed by atoms with E-state index in [1.165, 1.54) is 0 Å². The predicted molar refractivity (Wildman–Crippen MR) is 45.5 cm³/mol. The van der Waals surface area contributed by atoms with Crippen LogP contribution in [0.3, 0.4) is 0 Å². The molecule has 11 heavy (non-hydrogen) atoms. The van der Waals surface area contributed by atoms with E-state index in [2.05, 4.69) is 0 Å². The molecular formula is C9H16O2. The van der Waals surface area contributed by atoms with Gasteiger partial charge in [-0.15, -0.1) is 0 Å². The van der Waals surface area contributed by atoms with Crippen LogP contribution in [-0.4, -0.2) is 11.1 Å². The molecule has 0 heterocycles. The minimum Gasteiger partial charge on any atom is -0.478 e. The van der Waals surface area contributed by atoms with Crippen molar-refractivity contribution in [1.82, 2.24) is 0 Å². The lowest BCUT2D eigenvalue weighted by atomic mass is 9.97. The Morgan fingerprint density at radius 2 is 1.91 bits per heavy atom. The maximum absolute atomic E-state index is 10.6. The molecule has 0 radical (unpaired) electrons.